The van der Waals surface area contributed by atoms with Crippen LogP contribution in [0.2, 0.25) is 0 Å². The van der Waals surface area contributed by atoms with E-state index in [1.54, 1.807) is 0 Å². The number of rotatable bonds is 3. The third kappa shape index (κ3) is 3.71. The van der Waals surface area contributed by atoms with Gasteiger partial charge in [0, 0.05) is 6.04 Å². The normalized spacial score (nSPS) is 20.3. The Labute approximate surface area is 116 Å². The smallest absolute Gasteiger partial charge is 0.307 e. The molecule has 0 saturated carbocycles. The van der Waals surface area contributed by atoms with Crippen LogP contribution in [0.25, 0.3) is 0 Å². The van der Waals surface area contributed by atoms with Crippen LogP contribution in [0, 0.1) is 0 Å². The molecule has 2 atom stereocenters. The summed E-state index contributed by atoms with van der Waals surface area (Å²) in [5, 5.41) is 3.42. The number of carbonyl (C=O) groups excluding carboxylic acids is 1. The van der Waals surface area contributed by atoms with Crippen LogP contribution in [0.3, 0.4) is 0 Å². The molecule has 1 heterocycles. The summed E-state index contributed by atoms with van der Waals surface area (Å²) in [6.07, 6.45) is 0.451. The van der Waals surface area contributed by atoms with Crippen molar-refractivity contribution in [1.82, 2.24) is 5.32 Å². The Bertz CT molecular complexity index is 436. The van der Waals surface area contributed by atoms with Crippen LogP contribution >= 0.6 is 24.0 Å². The zero-order valence-electron chi connectivity index (χ0n) is 10.1. The summed E-state index contributed by atoms with van der Waals surface area (Å²) in [5.74, 6) is -0.133. The molecular weight excluding hydrogens is 266 g/mol. The molecule has 1 fully saturated rings. The number of hydrogen-bond donors (Lipinski definition) is 1. The Morgan fingerprint density at radius 3 is 2.83 bits per heavy atom. The predicted molar refractivity (Wildman–Crippen MR) is 77.5 cm³/mol. The van der Waals surface area contributed by atoms with Crippen molar-refractivity contribution in [2.24, 2.45) is 0 Å². The lowest BCUT2D eigenvalue weighted by Crippen LogP contribution is -2.24. The van der Waals surface area contributed by atoms with Gasteiger partial charge in [-0.15, -0.1) is 0 Å². The van der Waals surface area contributed by atoms with Gasteiger partial charge in [-0.2, -0.15) is 0 Å². The molecular formula is C13H15NO2S2. The number of benzene rings is 1. The monoisotopic (exact) mass is 281 g/mol. The fourth-order valence-corrected chi connectivity index (χ4v) is 3.24. The molecule has 1 saturated heterocycles. The van der Waals surface area contributed by atoms with Crippen LogP contribution in [0.1, 0.15) is 24.9 Å². The van der Waals surface area contributed by atoms with Gasteiger partial charge in [0.15, 0.2) is 0 Å². The standard InChI is InChI=1S/C13H15NO2S2/c1-9(10-5-3-2-4-6-10)14-13(17)18-11-7-12(15)16-8-11/h2-6,9,11H,7-8H2,1H3,(H,14,17)/t9-,11?/m1/s1. The second-order valence-electron chi connectivity index (χ2n) is 4.19. The molecule has 0 aromatic heterocycles. The fourth-order valence-electron chi connectivity index (χ4n) is 1.75. The molecule has 18 heavy (non-hydrogen) atoms. The van der Waals surface area contributed by atoms with E-state index in [-0.39, 0.29) is 17.3 Å². The Morgan fingerprint density at radius 1 is 1.50 bits per heavy atom. The highest BCUT2D eigenvalue weighted by molar-refractivity contribution is 8.23. The van der Waals surface area contributed by atoms with Crippen molar-refractivity contribution in [3.63, 3.8) is 0 Å². The third-order valence-electron chi connectivity index (χ3n) is 2.73. The molecule has 0 radical (unpaired) electrons. The SMILES string of the molecule is C[C@@H](NC(=S)SC1COC(=O)C1)c1ccccc1. The van der Waals surface area contributed by atoms with Gasteiger partial charge in [-0.05, 0) is 12.5 Å². The first-order chi connectivity index (χ1) is 8.65. The van der Waals surface area contributed by atoms with E-state index in [1.807, 2.05) is 18.2 Å². The number of carbonyl (C=O) groups is 1. The minimum atomic E-state index is -0.133. The highest BCUT2D eigenvalue weighted by atomic mass is 32.2. The molecule has 1 aromatic carbocycles. The molecule has 0 spiro atoms. The average molecular weight is 281 g/mol. The topological polar surface area (TPSA) is 38.3 Å². The van der Waals surface area contributed by atoms with Crippen LogP contribution < -0.4 is 5.32 Å². The van der Waals surface area contributed by atoms with Gasteiger partial charge in [0.25, 0.3) is 0 Å². The highest BCUT2D eigenvalue weighted by Crippen LogP contribution is 2.23. The Morgan fingerprint density at radius 2 is 2.22 bits per heavy atom. The van der Waals surface area contributed by atoms with Crippen molar-refractivity contribution in [2.45, 2.75) is 24.6 Å². The number of thioether (sulfide) groups is 1. The van der Waals surface area contributed by atoms with Crippen LogP contribution in [0.15, 0.2) is 30.3 Å². The van der Waals surface area contributed by atoms with Crippen molar-refractivity contribution < 1.29 is 9.53 Å². The lowest BCUT2D eigenvalue weighted by molar-refractivity contribution is -0.137. The molecule has 2 rings (SSSR count). The predicted octanol–water partition coefficient (Wildman–Crippen LogP) is 2.67. The van der Waals surface area contributed by atoms with E-state index in [4.69, 9.17) is 17.0 Å². The number of thiocarbonyl (C=S) groups is 1. The van der Waals surface area contributed by atoms with Crippen LogP contribution in [0.4, 0.5) is 0 Å². The molecule has 1 aliphatic rings. The van der Waals surface area contributed by atoms with Crippen molar-refractivity contribution in [3.05, 3.63) is 35.9 Å². The molecule has 1 aliphatic heterocycles. The van der Waals surface area contributed by atoms with Crippen molar-refractivity contribution in [3.8, 4) is 0 Å². The minimum absolute atomic E-state index is 0.133. The zero-order valence-corrected chi connectivity index (χ0v) is 11.7. The lowest BCUT2D eigenvalue weighted by Gasteiger charge is -2.17. The quantitative estimate of drug-likeness (QED) is 0.681. The summed E-state index contributed by atoms with van der Waals surface area (Å²) in [7, 11) is 0. The summed E-state index contributed by atoms with van der Waals surface area (Å²) in [5.41, 5.74) is 1.19. The molecule has 1 unspecified atom stereocenters. The minimum Gasteiger partial charge on any atom is -0.464 e. The van der Waals surface area contributed by atoms with E-state index in [0.29, 0.717) is 13.0 Å². The first-order valence-corrected chi connectivity index (χ1v) is 7.11. The number of cyclic esters (lactones) is 1. The van der Waals surface area contributed by atoms with Crippen molar-refractivity contribution in [1.29, 1.82) is 0 Å². The maximum absolute atomic E-state index is 11.0. The summed E-state index contributed by atoms with van der Waals surface area (Å²) < 4.78 is 5.63. The van der Waals surface area contributed by atoms with E-state index in [0.717, 1.165) is 4.32 Å². The van der Waals surface area contributed by atoms with Gasteiger partial charge in [-0.25, -0.2) is 0 Å². The second kappa shape index (κ2) is 6.20. The van der Waals surface area contributed by atoms with E-state index >= 15 is 0 Å². The number of nitrogens with one attached hydrogen (secondary N) is 1. The van der Waals surface area contributed by atoms with Crippen molar-refractivity contribution >= 4 is 34.3 Å². The molecule has 0 bridgehead atoms. The molecule has 1 N–H and O–H groups in total. The second-order valence-corrected chi connectivity index (χ2v) is 6.17. The lowest BCUT2D eigenvalue weighted by atomic mass is 10.1. The molecule has 3 nitrogen and oxygen atoms in total. The molecule has 0 amide bonds. The van der Waals surface area contributed by atoms with E-state index in [1.165, 1.54) is 17.3 Å². The van der Waals surface area contributed by atoms with Gasteiger partial charge in [0.1, 0.15) is 10.9 Å². The maximum atomic E-state index is 11.0. The molecule has 1 aromatic rings. The first kappa shape index (κ1) is 13.4. The first-order valence-electron chi connectivity index (χ1n) is 5.83. The van der Waals surface area contributed by atoms with E-state index in [2.05, 4.69) is 24.4 Å². The number of hydrogen-bond acceptors (Lipinski definition) is 4. The molecule has 5 heteroatoms. The Kier molecular flexibility index (Phi) is 4.60. The van der Waals surface area contributed by atoms with E-state index < -0.39 is 0 Å². The van der Waals surface area contributed by atoms with Gasteiger partial charge in [-0.3, -0.25) is 4.79 Å². The maximum Gasteiger partial charge on any atom is 0.307 e. The van der Waals surface area contributed by atoms with Crippen LogP contribution in [-0.4, -0.2) is 22.1 Å². The van der Waals surface area contributed by atoms with Crippen LogP contribution in [0.5, 0.6) is 0 Å². The summed E-state index contributed by atoms with van der Waals surface area (Å²) >= 11 is 6.80. The Balaban J connectivity index is 1.82. The number of esters is 1. The van der Waals surface area contributed by atoms with Gasteiger partial charge in [-0.1, -0.05) is 54.3 Å². The summed E-state index contributed by atoms with van der Waals surface area (Å²) in [4.78, 5) is 11.0. The largest absolute Gasteiger partial charge is 0.464 e. The summed E-state index contributed by atoms with van der Waals surface area (Å²) in [6, 6.07) is 10.3. The van der Waals surface area contributed by atoms with Crippen LogP contribution in [-0.2, 0) is 9.53 Å². The highest BCUT2D eigenvalue weighted by Gasteiger charge is 2.25. The fraction of sp³-hybridized carbons (Fsp3) is 0.385. The van der Waals surface area contributed by atoms with E-state index in [9.17, 15) is 4.79 Å². The molecule has 0 aliphatic carbocycles. The zero-order chi connectivity index (χ0) is 13.0. The molecule has 96 valence electrons. The van der Waals surface area contributed by atoms with Gasteiger partial charge in [0.05, 0.1) is 11.7 Å². The van der Waals surface area contributed by atoms with Gasteiger partial charge < -0.3 is 10.1 Å². The Hall–Kier alpha value is -1.07. The van der Waals surface area contributed by atoms with Gasteiger partial charge >= 0.3 is 5.97 Å². The summed E-state index contributed by atoms with van der Waals surface area (Å²) in [6.45, 7) is 2.53. The third-order valence-corrected chi connectivity index (χ3v) is 4.11. The van der Waals surface area contributed by atoms with Gasteiger partial charge in [0.2, 0.25) is 0 Å². The number of ether oxygens (including phenoxy) is 1. The van der Waals surface area contributed by atoms with Crippen molar-refractivity contribution in [2.75, 3.05) is 6.61 Å². The average Bonchev–Trinajstić information content (AvgIpc) is 2.75.